The molecule has 1 rings (SSSR count). The normalized spacial score (nSPS) is 20.6. The molecule has 0 bridgehead atoms. The van der Waals surface area contributed by atoms with Crippen molar-refractivity contribution in [2.24, 2.45) is 17.6 Å². The van der Waals surface area contributed by atoms with Crippen LogP contribution in [0.3, 0.4) is 0 Å². The van der Waals surface area contributed by atoms with Crippen molar-refractivity contribution in [3.63, 3.8) is 0 Å². The largest absolute Gasteiger partial charge is 0.356 e. The third-order valence-electron chi connectivity index (χ3n) is 4.07. The molecule has 0 spiro atoms. The van der Waals surface area contributed by atoms with Crippen molar-refractivity contribution in [1.29, 1.82) is 0 Å². The first-order valence-corrected chi connectivity index (χ1v) is 7.86. The Bertz CT molecular complexity index is 320. The zero-order chi connectivity index (χ0) is 15.0. The number of likely N-dealkylation sites (tertiary alicyclic amines) is 1. The maximum Gasteiger partial charge on any atom is 0.225 e. The van der Waals surface area contributed by atoms with E-state index in [1.54, 1.807) is 0 Å². The van der Waals surface area contributed by atoms with Crippen LogP contribution in [0.1, 0.15) is 46.0 Å². The molecular formula is C15H29N3O2. The van der Waals surface area contributed by atoms with E-state index in [1.807, 2.05) is 18.7 Å². The first kappa shape index (κ1) is 17.0. The van der Waals surface area contributed by atoms with Gasteiger partial charge in [-0.05, 0) is 38.6 Å². The highest BCUT2D eigenvalue weighted by atomic mass is 16.2. The molecule has 2 atom stereocenters. The van der Waals surface area contributed by atoms with Crippen molar-refractivity contribution in [2.75, 3.05) is 26.2 Å². The summed E-state index contributed by atoms with van der Waals surface area (Å²) in [6.07, 6.45) is 4.51. The van der Waals surface area contributed by atoms with Gasteiger partial charge in [0.25, 0.3) is 0 Å². The van der Waals surface area contributed by atoms with Crippen molar-refractivity contribution in [2.45, 2.75) is 46.0 Å². The van der Waals surface area contributed by atoms with Gasteiger partial charge in [0.05, 0.1) is 5.92 Å². The van der Waals surface area contributed by atoms with Crippen LogP contribution in [-0.2, 0) is 9.59 Å². The summed E-state index contributed by atoms with van der Waals surface area (Å²) in [6, 6.07) is 0. The number of piperidine rings is 1. The Hall–Kier alpha value is -1.10. The van der Waals surface area contributed by atoms with Crippen LogP contribution in [-0.4, -0.2) is 42.9 Å². The molecule has 1 aliphatic rings. The van der Waals surface area contributed by atoms with E-state index >= 15 is 0 Å². The number of nitrogens with one attached hydrogen (secondary N) is 1. The molecule has 116 valence electrons. The molecule has 1 saturated heterocycles. The van der Waals surface area contributed by atoms with Crippen LogP contribution in [0, 0.1) is 11.8 Å². The van der Waals surface area contributed by atoms with Gasteiger partial charge in [0, 0.05) is 25.6 Å². The lowest BCUT2D eigenvalue weighted by atomic mass is 9.95. The molecule has 1 aliphatic heterocycles. The molecule has 2 unspecified atom stereocenters. The molecule has 0 aromatic carbocycles. The molecule has 0 aromatic heterocycles. The summed E-state index contributed by atoms with van der Waals surface area (Å²) in [5.41, 5.74) is 5.42. The predicted octanol–water partition coefficient (Wildman–Crippen LogP) is 1.13. The molecule has 5 heteroatoms. The second kappa shape index (κ2) is 8.95. The minimum Gasteiger partial charge on any atom is -0.356 e. The van der Waals surface area contributed by atoms with Gasteiger partial charge < -0.3 is 16.0 Å². The SMILES string of the molecule is CCC(C)C(=O)N1CCCC(C(=O)NCCCCN)C1. The van der Waals surface area contributed by atoms with E-state index in [1.165, 1.54) is 0 Å². The molecule has 3 N–H and O–H groups in total. The fourth-order valence-corrected chi connectivity index (χ4v) is 2.50. The van der Waals surface area contributed by atoms with E-state index in [4.69, 9.17) is 5.73 Å². The second-order valence-corrected chi connectivity index (χ2v) is 5.72. The van der Waals surface area contributed by atoms with Crippen LogP contribution in [0.25, 0.3) is 0 Å². The van der Waals surface area contributed by atoms with Gasteiger partial charge in [-0.2, -0.15) is 0 Å². The smallest absolute Gasteiger partial charge is 0.225 e. The van der Waals surface area contributed by atoms with Gasteiger partial charge in [-0.3, -0.25) is 9.59 Å². The first-order chi connectivity index (χ1) is 9.60. The number of rotatable bonds is 7. The number of carbonyl (C=O) groups excluding carboxylic acids is 2. The first-order valence-electron chi connectivity index (χ1n) is 7.86. The van der Waals surface area contributed by atoms with Crippen LogP contribution in [0.4, 0.5) is 0 Å². The fraction of sp³-hybridized carbons (Fsp3) is 0.867. The Morgan fingerprint density at radius 2 is 2.15 bits per heavy atom. The molecule has 0 aromatic rings. The summed E-state index contributed by atoms with van der Waals surface area (Å²) in [7, 11) is 0. The van der Waals surface area contributed by atoms with Crippen molar-refractivity contribution in [3.05, 3.63) is 0 Å². The monoisotopic (exact) mass is 283 g/mol. The quantitative estimate of drug-likeness (QED) is 0.688. The highest BCUT2D eigenvalue weighted by molar-refractivity contribution is 5.82. The minimum absolute atomic E-state index is 0.0466. The van der Waals surface area contributed by atoms with E-state index in [0.29, 0.717) is 19.6 Å². The number of amides is 2. The zero-order valence-electron chi connectivity index (χ0n) is 12.9. The maximum atomic E-state index is 12.2. The lowest BCUT2D eigenvalue weighted by Gasteiger charge is -2.33. The molecule has 1 fully saturated rings. The van der Waals surface area contributed by atoms with Crippen molar-refractivity contribution in [3.8, 4) is 0 Å². The fourth-order valence-electron chi connectivity index (χ4n) is 2.50. The van der Waals surface area contributed by atoms with E-state index in [9.17, 15) is 9.59 Å². The topological polar surface area (TPSA) is 75.4 Å². The Morgan fingerprint density at radius 3 is 2.80 bits per heavy atom. The zero-order valence-corrected chi connectivity index (χ0v) is 12.9. The van der Waals surface area contributed by atoms with E-state index in [0.717, 1.165) is 38.6 Å². The van der Waals surface area contributed by atoms with Gasteiger partial charge in [-0.25, -0.2) is 0 Å². The van der Waals surface area contributed by atoms with Crippen molar-refractivity contribution in [1.82, 2.24) is 10.2 Å². The standard InChI is InChI=1S/C15H29N3O2/c1-3-12(2)15(20)18-10-6-7-13(11-18)14(19)17-9-5-4-8-16/h12-13H,3-11,16H2,1-2H3,(H,17,19). The lowest BCUT2D eigenvalue weighted by molar-refractivity contribution is -0.138. The molecule has 5 nitrogen and oxygen atoms in total. The van der Waals surface area contributed by atoms with Crippen molar-refractivity contribution >= 4 is 11.8 Å². The van der Waals surface area contributed by atoms with Crippen LogP contribution in [0.15, 0.2) is 0 Å². The highest BCUT2D eigenvalue weighted by Crippen LogP contribution is 2.19. The summed E-state index contributed by atoms with van der Waals surface area (Å²) >= 11 is 0. The Labute approximate surface area is 122 Å². The molecule has 1 heterocycles. The maximum absolute atomic E-state index is 12.2. The van der Waals surface area contributed by atoms with Gasteiger partial charge in [0.15, 0.2) is 0 Å². The van der Waals surface area contributed by atoms with Gasteiger partial charge in [0.2, 0.25) is 11.8 Å². The van der Waals surface area contributed by atoms with Crippen LogP contribution < -0.4 is 11.1 Å². The van der Waals surface area contributed by atoms with Gasteiger partial charge in [-0.15, -0.1) is 0 Å². The van der Waals surface area contributed by atoms with Crippen LogP contribution in [0.5, 0.6) is 0 Å². The third-order valence-corrected chi connectivity index (χ3v) is 4.07. The van der Waals surface area contributed by atoms with E-state index in [-0.39, 0.29) is 23.7 Å². The number of nitrogens with zero attached hydrogens (tertiary/aromatic N) is 1. The summed E-state index contributed by atoms with van der Waals surface area (Å²) < 4.78 is 0. The third kappa shape index (κ3) is 5.12. The molecule has 0 aliphatic carbocycles. The number of unbranched alkanes of at least 4 members (excludes halogenated alkanes) is 1. The molecule has 20 heavy (non-hydrogen) atoms. The molecule has 0 saturated carbocycles. The molecule has 0 radical (unpaired) electrons. The Morgan fingerprint density at radius 1 is 1.40 bits per heavy atom. The van der Waals surface area contributed by atoms with Gasteiger partial charge >= 0.3 is 0 Å². The molecular weight excluding hydrogens is 254 g/mol. The van der Waals surface area contributed by atoms with Gasteiger partial charge in [-0.1, -0.05) is 13.8 Å². The Kier molecular flexibility index (Phi) is 7.59. The van der Waals surface area contributed by atoms with Crippen molar-refractivity contribution < 1.29 is 9.59 Å². The summed E-state index contributed by atoms with van der Waals surface area (Å²) in [6.45, 7) is 6.70. The predicted molar refractivity (Wildman–Crippen MR) is 80.1 cm³/mol. The average molecular weight is 283 g/mol. The Balaban J connectivity index is 2.39. The number of carbonyl (C=O) groups is 2. The number of hydrogen-bond donors (Lipinski definition) is 2. The van der Waals surface area contributed by atoms with Gasteiger partial charge in [0.1, 0.15) is 0 Å². The van der Waals surface area contributed by atoms with E-state index < -0.39 is 0 Å². The molecule has 2 amide bonds. The van der Waals surface area contributed by atoms with E-state index in [2.05, 4.69) is 5.32 Å². The van der Waals surface area contributed by atoms with Crippen LogP contribution >= 0.6 is 0 Å². The summed E-state index contributed by atoms with van der Waals surface area (Å²) in [5.74, 6) is 0.285. The minimum atomic E-state index is -0.0466. The highest BCUT2D eigenvalue weighted by Gasteiger charge is 2.29. The summed E-state index contributed by atoms with van der Waals surface area (Å²) in [5, 5.41) is 2.96. The number of nitrogens with two attached hydrogens (primary N) is 1. The van der Waals surface area contributed by atoms with Crippen LogP contribution in [0.2, 0.25) is 0 Å². The summed E-state index contributed by atoms with van der Waals surface area (Å²) in [4.78, 5) is 26.1. The second-order valence-electron chi connectivity index (χ2n) is 5.72. The number of hydrogen-bond acceptors (Lipinski definition) is 3. The lowest BCUT2D eigenvalue weighted by Crippen LogP contribution is -2.47. The average Bonchev–Trinajstić information content (AvgIpc) is 2.49.